The van der Waals surface area contributed by atoms with Crippen molar-refractivity contribution in [2.45, 2.75) is 44.9 Å². The number of aliphatic hydroxyl groups is 1. The van der Waals surface area contributed by atoms with Gasteiger partial charge < -0.3 is 5.11 Å². The summed E-state index contributed by atoms with van der Waals surface area (Å²) in [5, 5.41) is 10.3. The van der Waals surface area contributed by atoms with E-state index < -0.39 is 24.1 Å². The summed E-state index contributed by atoms with van der Waals surface area (Å²) >= 11 is 0. The molecule has 1 aromatic carbocycles. The number of aliphatic hydroxyl groups excluding tert-OH is 1. The topological polar surface area (TPSA) is 20.2 Å². The summed E-state index contributed by atoms with van der Waals surface area (Å²) in [6.45, 7) is 1.91. The van der Waals surface area contributed by atoms with Crippen molar-refractivity contribution in [1.82, 2.24) is 0 Å². The molecule has 0 amide bonds. The van der Waals surface area contributed by atoms with E-state index in [0.717, 1.165) is 12.0 Å². The molecule has 0 heterocycles. The molecule has 0 saturated heterocycles. The van der Waals surface area contributed by atoms with E-state index in [9.17, 15) is 18.3 Å². The smallest absolute Gasteiger partial charge is 0.388 e. The number of benzene rings is 1. The van der Waals surface area contributed by atoms with E-state index in [1.54, 1.807) is 12.1 Å². The highest BCUT2D eigenvalue weighted by atomic mass is 19.4. The average Bonchev–Trinajstić information content (AvgIpc) is 2.38. The van der Waals surface area contributed by atoms with Crippen molar-refractivity contribution in [1.29, 1.82) is 0 Å². The number of halogens is 3. The van der Waals surface area contributed by atoms with E-state index in [4.69, 9.17) is 0 Å². The molecule has 1 nitrogen and oxygen atoms in total. The summed E-state index contributed by atoms with van der Waals surface area (Å²) < 4.78 is 39.1. The predicted octanol–water partition coefficient (Wildman–Crippen LogP) is 4.40. The number of hydrogen-bond donors (Lipinski definition) is 1. The summed E-state index contributed by atoms with van der Waals surface area (Å²) in [5.74, 6) is -2.09. The Bertz CT molecular complexity index is 410. The number of rotatable bonds is 2. The van der Waals surface area contributed by atoms with Crippen LogP contribution in [0.25, 0.3) is 0 Å². The quantitative estimate of drug-likeness (QED) is 0.846. The van der Waals surface area contributed by atoms with Gasteiger partial charge in [0, 0.05) is 5.92 Å². The summed E-state index contributed by atoms with van der Waals surface area (Å²) in [4.78, 5) is 0. The standard InChI is InChI=1S/C15H19F3O/c1-10-6-8-11(9-7-10)14(19)12-4-2-3-5-13(12)15(16,17)18/h6-9,12-14,19H,2-5H2,1H3. The fourth-order valence-corrected chi connectivity index (χ4v) is 2.95. The Hall–Kier alpha value is -1.03. The first kappa shape index (κ1) is 14.4. The second-order valence-electron chi connectivity index (χ2n) is 5.45. The highest BCUT2D eigenvalue weighted by Gasteiger charge is 2.47. The highest BCUT2D eigenvalue weighted by Crippen LogP contribution is 2.46. The Morgan fingerprint density at radius 3 is 2.26 bits per heavy atom. The van der Waals surface area contributed by atoms with Crippen LogP contribution in [-0.4, -0.2) is 11.3 Å². The van der Waals surface area contributed by atoms with Gasteiger partial charge in [0.2, 0.25) is 0 Å². The molecule has 106 valence electrons. The monoisotopic (exact) mass is 272 g/mol. The average molecular weight is 272 g/mol. The van der Waals surface area contributed by atoms with Crippen molar-refractivity contribution >= 4 is 0 Å². The van der Waals surface area contributed by atoms with Gasteiger partial charge in [0.1, 0.15) is 0 Å². The van der Waals surface area contributed by atoms with Crippen LogP contribution in [-0.2, 0) is 0 Å². The zero-order valence-electron chi connectivity index (χ0n) is 11.0. The normalized spacial score (nSPS) is 26.2. The molecule has 3 atom stereocenters. The Morgan fingerprint density at radius 1 is 1.11 bits per heavy atom. The lowest BCUT2D eigenvalue weighted by Crippen LogP contribution is -2.36. The van der Waals surface area contributed by atoms with E-state index in [1.807, 2.05) is 19.1 Å². The second kappa shape index (κ2) is 5.53. The first-order valence-corrected chi connectivity index (χ1v) is 6.71. The van der Waals surface area contributed by atoms with Crippen molar-refractivity contribution in [3.63, 3.8) is 0 Å². The minimum Gasteiger partial charge on any atom is -0.388 e. The lowest BCUT2D eigenvalue weighted by atomic mass is 9.74. The SMILES string of the molecule is Cc1ccc(C(O)C2CCCCC2C(F)(F)F)cc1. The first-order valence-electron chi connectivity index (χ1n) is 6.71. The molecule has 1 N–H and O–H groups in total. The predicted molar refractivity (Wildman–Crippen MR) is 67.6 cm³/mol. The Labute approximate surface area is 111 Å². The molecular weight excluding hydrogens is 253 g/mol. The lowest BCUT2D eigenvalue weighted by Gasteiger charge is -2.36. The molecule has 0 spiro atoms. The third-order valence-corrected chi connectivity index (χ3v) is 4.06. The van der Waals surface area contributed by atoms with Gasteiger partial charge >= 0.3 is 6.18 Å². The highest BCUT2D eigenvalue weighted by molar-refractivity contribution is 5.23. The van der Waals surface area contributed by atoms with Gasteiger partial charge in [-0.15, -0.1) is 0 Å². The molecule has 0 aliphatic heterocycles. The molecule has 1 aromatic rings. The van der Waals surface area contributed by atoms with Crippen LogP contribution in [0.3, 0.4) is 0 Å². The molecule has 1 saturated carbocycles. The fourth-order valence-electron chi connectivity index (χ4n) is 2.95. The van der Waals surface area contributed by atoms with E-state index >= 15 is 0 Å². The zero-order valence-corrected chi connectivity index (χ0v) is 11.0. The molecule has 4 heteroatoms. The maximum Gasteiger partial charge on any atom is 0.392 e. The largest absolute Gasteiger partial charge is 0.392 e. The third kappa shape index (κ3) is 3.30. The Morgan fingerprint density at radius 2 is 1.68 bits per heavy atom. The van der Waals surface area contributed by atoms with Crippen LogP contribution in [0.4, 0.5) is 13.2 Å². The molecule has 1 fully saturated rings. The molecule has 0 bridgehead atoms. The zero-order chi connectivity index (χ0) is 14.0. The Kier molecular flexibility index (Phi) is 4.19. The van der Waals surface area contributed by atoms with E-state index in [0.29, 0.717) is 18.4 Å². The van der Waals surface area contributed by atoms with Gasteiger partial charge in [0.25, 0.3) is 0 Å². The van der Waals surface area contributed by atoms with Crippen LogP contribution < -0.4 is 0 Å². The summed E-state index contributed by atoms with van der Waals surface area (Å²) in [7, 11) is 0. The second-order valence-corrected chi connectivity index (χ2v) is 5.45. The molecule has 0 radical (unpaired) electrons. The third-order valence-electron chi connectivity index (χ3n) is 4.06. The van der Waals surface area contributed by atoms with E-state index in [2.05, 4.69) is 0 Å². The summed E-state index contributed by atoms with van der Waals surface area (Å²) in [5.41, 5.74) is 1.62. The molecule has 19 heavy (non-hydrogen) atoms. The van der Waals surface area contributed by atoms with Gasteiger partial charge in [0.05, 0.1) is 12.0 Å². The van der Waals surface area contributed by atoms with Crippen LogP contribution in [0.2, 0.25) is 0 Å². The fraction of sp³-hybridized carbons (Fsp3) is 0.600. The van der Waals surface area contributed by atoms with Crippen molar-refractivity contribution < 1.29 is 18.3 Å². The number of aryl methyl sites for hydroxylation is 1. The van der Waals surface area contributed by atoms with E-state index in [-0.39, 0.29) is 6.42 Å². The van der Waals surface area contributed by atoms with Crippen LogP contribution >= 0.6 is 0 Å². The van der Waals surface area contributed by atoms with Crippen molar-refractivity contribution in [2.75, 3.05) is 0 Å². The lowest BCUT2D eigenvalue weighted by molar-refractivity contribution is -0.207. The molecule has 1 aliphatic rings. The van der Waals surface area contributed by atoms with E-state index in [1.165, 1.54) is 0 Å². The molecule has 3 unspecified atom stereocenters. The van der Waals surface area contributed by atoms with Gasteiger partial charge in [-0.25, -0.2) is 0 Å². The molecule has 2 rings (SSSR count). The van der Waals surface area contributed by atoms with Gasteiger partial charge in [-0.2, -0.15) is 13.2 Å². The van der Waals surface area contributed by atoms with Crippen molar-refractivity contribution in [3.8, 4) is 0 Å². The van der Waals surface area contributed by atoms with Gasteiger partial charge in [0.15, 0.2) is 0 Å². The van der Waals surface area contributed by atoms with Crippen LogP contribution in [0.15, 0.2) is 24.3 Å². The molecule has 0 aromatic heterocycles. The Balaban J connectivity index is 2.20. The molecular formula is C15H19F3O. The van der Waals surface area contributed by atoms with Crippen LogP contribution in [0, 0.1) is 18.8 Å². The minimum absolute atomic E-state index is 0.136. The summed E-state index contributed by atoms with van der Waals surface area (Å²) in [6.07, 6.45) is -3.29. The number of alkyl halides is 3. The maximum atomic E-state index is 13.0. The van der Waals surface area contributed by atoms with Crippen molar-refractivity contribution in [3.05, 3.63) is 35.4 Å². The van der Waals surface area contributed by atoms with Crippen molar-refractivity contribution in [2.24, 2.45) is 11.8 Å². The van der Waals surface area contributed by atoms with Gasteiger partial charge in [-0.1, -0.05) is 42.7 Å². The summed E-state index contributed by atoms with van der Waals surface area (Å²) in [6, 6.07) is 7.10. The minimum atomic E-state index is -4.21. The van der Waals surface area contributed by atoms with Crippen LogP contribution in [0.5, 0.6) is 0 Å². The first-order chi connectivity index (χ1) is 8.89. The van der Waals surface area contributed by atoms with Crippen LogP contribution in [0.1, 0.15) is 42.9 Å². The van der Waals surface area contributed by atoms with Gasteiger partial charge in [-0.05, 0) is 25.3 Å². The maximum absolute atomic E-state index is 13.0. The van der Waals surface area contributed by atoms with Gasteiger partial charge in [-0.3, -0.25) is 0 Å². The number of hydrogen-bond acceptors (Lipinski definition) is 1. The molecule has 1 aliphatic carbocycles.